The van der Waals surface area contributed by atoms with Crippen LogP contribution >= 0.6 is 0 Å². The van der Waals surface area contributed by atoms with E-state index in [0.29, 0.717) is 18.1 Å². The van der Waals surface area contributed by atoms with Crippen molar-refractivity contribution >= 4 is 6.21 Å². The lowest BCUT2D eigenvalue weighted by Crippen LogP contribution is -1.95. The number of ether oxygens (including phenoxy) is 4. The molecule has 0 aliphatic carbocycles. The van der Waals surface area contributed by atoms with Crippen molar-refractivity contribution < 1.29 is 23.8 Å². The van der Waals surface area contributed by atoms with Gasteiger partial charge in [0.05, 0.1) is 20.4 Å². The van der Waals surface area contributed by atoms with Crippen molar-refractivity contribution in [2.45, 2.75) is 6.61 Å². The maximum atomic E-state index is 5.33. The Labute approximate surface area is 134 Å². The van der Waals surface area contributed by atoms with E-state index in [1.165, 1.54) is 0 Å². The SMILES string of the molecule is COc1cccc(/C=N\OCc2ccc3c(c2)OCO3)c1OC. The van der Waals surface area contributed by atoms with Crippen LogP contribution in [0.1, 0.15) is 11.1 Å². The summed E-state index contributed by atoms with van der Waals surface area (Å²) in [6, 6.07) is 11.2. The van der Waals surface area contributed by atoms with Crippen LogP contribution in [0.25, 0.3) is 0 Å². The van der Waals surface area contributed by atoms with Gasteiger partial charge in [-0.1, -0.05) is 17.3 Å². The van der Waals surface area contributed by atoms with Gasteiger partial charge in [-0.3, -0.25) is 0 Å². The Morgan fingerprint density at radius 1 is 1.09 bits per heavy atom. The van der Waals surface area contributed by atoms with E-state index in [-0.39, 0.29) is 6.79 Å². The predicted molar refractivity (Wildman–Crippen MR) is 84.5 cm³/mol. The Kier molecular flexibility index (Phi) is 4.52. The van der Waals surface area contributed by atoms with E-state index >= 15 is 0 Å². The first kappa shape index (κ1) is 15.0. The van der Waals surface area contributed by atoms with Crippen LogP contribution < -0.4 is 18.9 Å². The molecular formula is C17H17NO5. The Hall–Kier alpha value is -2.89. The summed E-state index contributed by atoms with van der Waals surface area (Å²) in [7, 11) is 3.18. The molecule has 2 aromatic rings. The molecule has 6 nitrogen and oxygen atoms in total. The van der Waals surface area contributed by atoms with Gasteiger partial charge >= 0.3 is 0 Å². The molecule has 3 rings (SSSR count). The highest BCUT2D eigenvalue weighted by molar-refractivity contribution is 5.84. The van der Waals surface area contributed by atoms with Gasteiger partial charge in [-0.25, -0.2) is 0 Å². The Morgan fingerprint density at radius 3 is 2.78 bits per heavy atom. The number of oxime groups is 1. The lowest BCUT2D eigenvalue weighted by atomic mass is 10.2. The van der Waals surface area contributed by atoms with Gasteiger partial charge in [-0.2, -0.15) is 0 Å². The van der Waals surface area contributed by atoms with Crippen LogP contribution in [0.4, 0.5) is 0 Å². The van der Waals surface area contributed by atoms with E-state index in [4.69, 9.17) is 23.8 Å². The molecule has 0 unspecified atom stereocenters. The second-order valence-corrected chi connectivity index (χ2v) is 4.78. The fourth-order valence-electron chi connectivity index (χ4n) is 2.25. The summed E-state index contributed by atoms with van der Waals surface area (Å²) in [5.74, 6) is 2.74. The lowest BCUT2D eigenvalue weighted by molar-refractivity contribution is 0.132. The van der Waals surface area contributed by atoms with Gasteiger partial charge in [0.25, 0.3) is 0 Å². The van der Waals surface area contributed by atoms with Crippen LogP contribution in [-0.2, 0) is 11.4 Å². The minimum absolute atomic E-state index is 0.257. The molecule has 23 heavy (non-hydrogen) atoms. The molecule has 6 heteroatoms. The second kappa shape index (κ2) is 6.91. The second-order valence-electron chi connectivity index (χ2n) is 4.78. The average Bonchev–Trinajstić information content (AvgIpc) is 3.06. The molecule has 0 radical (unpaired) electrons. The third-order valence-electron chi connectivity index (χ3n) is 3.37. The molecule has 0 spiro atoms. The smallest absolute Gasteiger partial charge is 0.231 e. The highest BCUT2D eigenvalue weighted by Gasteiger charge is 2.13. The zero-order valence-electron chi connectivity index (χ0n) is 12.9. The number of hydrogen-bond acceptors (Lipinski definition) is 6. The fraction of sp³-hybridized carbons (Fsp3) is 0.235. The van der Waals surface area contributed by atoms with Crippen LogP contribution in [-0.4, -0.2) is 27.2 Å². The van der Waals surface area contributed by atoms with Crippen molar-refractivity contribution in [2.24, 2.45) is 5.16 Å². The van der Waals surface area contributed by atoms with Gasteiger partial charge in [-0.15, -0.1) is 0 Å². The predicted octanol–water partition coefficient (Wildman–Crippen LogP) is 2.98. The van der Waals surface area contributed by atoms with Crippen molar-refractivity contribution in [3.8, 4) is 23.0 Å². The third-order valence-corrected chi connectivity index (χ3v) is 3.37. The number of fused-ring (bicyclic) bond motifs is 1. The van der Waals surface area contributed by atoms with Gasteiger partial charge in [0.15, 0.2) is 23.0 Å². The van der Waals surface area contributed by atoms with Gasteiger partial charge in [0.2, 0.25) is 6.79 Å². The molecule has 2 aromatic carbocycles. The number of methoxy groups -OCH3 is 2. The molecule has 0 aromatic heterocycles. The minimum Gasteiger partial charge on any atom is -0.493 e. The molecule has 1 heterocycles. The molecular weight excluding hydrogens is 298 g/mol. The molecule has 0 bridgehead atoms. The maximum Gasteiger partial charge on any atom is 0.231 e. The van der Waals surface area contributed by atoms with Crippen LogP contribution in [0, 0.1) is 0 Å². The number of hydrogen-bond donors (Lipinski definition) is 0. The number of nitrogens with zero attached hydrogens (tertiary/aromatic N) is 1. The van der Waals surface area contributed by atoms with E-state index in [1.807, 2.05) is 36.4 Å². The third kappa shape index (κ3) is 3.31. The first-order valence-electron chi connectivity index (χ1n) is 7.06. The highest BCUT2D eigenvalue weighted by atomic mass is 16.7. The quantitative estimate of drug-likeness (QED) is 0.606. The topological polar surface area (TPSA) is 58.5 Å². The summed E-state index contributed by atoms with van der Waals surface area (Å²) in [6.07, 6.45) is 1.59. The minimum atomic E-state index is 0.257. The molecule has 0 atom stereocenters. The van der Waals surface area contributed by atoms with Crippen molar-refractivity contribution in [1.29, 1.82) is 0 Å². The average molecular weight is 315 g/mol. The summed E-state index contributed by atoms with van der Waals surface area (Å²) in [4.78, 5) is 5.33. The normalized spacial score (nSPS) is 12.4. The fourth-order valence-corrected chi connectivity index (χ4v) is 2.25. The van der Waals surface area contributed by atoms with Crippen molar-refractivity contribution in [3.05, 3.63) is 47.5 Å². The first-order chi connectivity index (χ1) is 11.3. The number of rotatable bonds is 6. The Morgan fingerprint density at radius 2 is 1.96 bits per heavy atom. The monoisotopic (exact) mass is 315 g/mol. The summed E-state index contributed by atoms with van der Waals surface area (Å²) in [5, 5.41) is 3.98. The molecule has 0 amide bonds. The van der Waals surface area contributed by atoms with Crippen molar-refractivity contribution in [3.63, 3.8) is 0 Å². The van der Waals surface area contributed by atoms with Gasteiger partial charge in [0, 0.05) is 5.56 Å². The highest BCUT2D eigenvalue weighted by Crippen LogP contribution is 2.32. The zero-order valence-corrected chi connectivity index (χ0v) is 12.9. The van der Waals surface area contributed by atoms with Crippen molar-refractivity contribution in [2.75, 3.05) is 21.0 Å². The maximum absolute atomic E-state index is 5.33. The van der Waals surface area contributed by atoms with Gasteiger partial charge in [-0.05, 0) is 29.8 Å². The molecule has 1 aliphatic heterocycles. The summed E-state index contributed by atoms with van der Waals surface area (Å²) >= 11 is 0. The van der Waals surface area contributed by atoms with E-state index in [0.717, 1.165) is 22.6 Å². The van der Waals surface area contributed by atoms with Crippen LogP contribution in [0.3, 0.4) is 0 Å². The number of benzene rings is 2. The van der Waals surface area contributed by atoms with Crippen LogP contribution in [0.15, 0.2) is 41.6 Å². The van der Waals surface area contributed by atoms with E-state index in [2.05, 4.69) is 5.16 Å². The van der Waals surface area contributed by atoms with E-state index in [1.54, 1.807) is 20.4 Å². The van der Waals surface area contributed by atoms with Crippen LogP contribution in [0.2, 0.25) is 0 Å². The molecule has 0 N–H and O–H groups in total. The van der Waals surface area contributed by atoms with Crippen LogP contribution in [0.5, 0.6) is 23.0 Å². The molecule has 0 saturated carbocycles. The standard InChI is InChI=1S/C17H17NO5/c1-19-15-5-3-4-13(17(15)20-2)9-18-23-10-12-6-7-14-16(8-12)22-11-21-14/h3-9H,10-11H2,1-2H3/b18-9-. The largest absolute Gasteiger partial charge is 0.493 e. The first-order valence-corrected chi connectivity index (χ1v) is 7.06. The Balaban J connectivity index is 1.63. The molecule has 0 saturated heterocycles. The summed E-state index contributed by atoms with van der Waals surface area (Å²) in [6.45, 7) is 0.590. The molecule has 0 fully saturated rings. The summed E-state index contributed by atoms with van der Waals surface area (Å²) < 4.78 is 21.2. The number of para-hydroxylation sites is 1. The Bertz CT molecular complexity index is 714. The van der Waals surface area contributed by atoms with E-state index in [9.17, 15) is 0 Å². The zero-order chi connectivity index (χ0) is 16.1. The summed E-state index contributed by atoms with van der Waals surface area (Å²) in [5.41, 5.74) is 1.72. The molecule has 1 aliphatic rings. The van der Waals surface area contributed by atoms with Gasteiger partial charge in [0.1, 0.15) is 6.61 Å². The van der Waals surface area contributed by atoms with Gasteiger partial charge < -0.3 is 23.8 Å². The molecule has 120 valence electrons. The van der Waals surface area contributed by atoms with E-state index < -0.39 is 0 Å². The lowest BCUT2D eigenvalue weighted by Gasteiger charge is -2.09. The van der Waals surface area contributed by atoms with Crippen molar-refractivity contribution in [1.82, 2.24) is 0 Å².